The van der Waals surface area contributed by atoms with Gasteiger partial charge in [-0.25, -0.2) is 4.98 Å². The number of thioether (sulfide) groups is 1. The summed E-state index contributed by atoms with van der Waals surface area (Å²) in [5, 5.41) is 3.18. The molecular weight excluding hydrogens is 353 g/mol. The maximum absolute atomic E-state index is 12.5. The Morgan fingerprint density at radius 1 is 1.28 bits per heavy atom. The zero-order valence-corrected chi connectivity index (χ0v) is 14.4. The molecule has 1 aromatic carbocycles. The number of rotatable bonds is 6. The molecule has 0 aliphatic carbocycles. The molecule has 1 amide bonds. The summed E-state index contributed by atoms with van der Waals surface area (Å²) in [5.74, 6) is 0.482. The number of aromatic nitrogens is 1. The highest BCUT2D eigenvalue weighted by molar-refractivity contribution is 7.99. The van der Waals surface area contributed by atoms with Crippen molar-refractivity contribution in [2.45, 2.75) is 24.2 Å². The number of benzene rings is 1. The third-order valence-electron chi connectivity index (χ3n) is 3.40. The van der Waals surface area contributed by atoms with Crippen LogP contribution >= 0.6 is 11.8 Å². The van der Waals surface area contributed by atoms with E-state index in [1.54, 1.807) is 13.2 Å². The predicted molar refractivity (Wildman–Crippen MR) is 89.5 cm³/mol. The maximum Gasteiger partial charge on any atom is 0.417 e. The molecule has 8 heteroatoms. The van der Waals surface area contributed by atoms with E-state index in [1.165, 1.54) is 6.07 Å². The van der Waals surface area contributed by atoms with Crippen molar-refractivity contribution in [3.8, 4) is 5.75 Å². The van der Waals surface area contributed by atoms with Crippen LogP contribution in [-0.4, -0.2) is 23.8 Å². The number of methoxy groups -OCH3 is 1. The summed E-state index contributed by atoms with van der Waals surface area (Å²) in [6.07, 6.45) is -3.66. The number of hydrogen-bond acceptors (Lipinski definition) is 4. The molecule has 1 atom stereocenters. The van der Waals surface area contributed by atoms with E-state index in [4.69, 9.17) is 4.74 Å². The van der Waals surface area contributed by atoms with Gasteiger partial charge in [0, 0.05) is 11.8 Å². The van der Waals surface area contributed by atoms with Gasteiger partial charge in [0.25, 0.3) is 0 Å². The van der Waals surface area contributed by atoms with E-state index in [0.29, 0.717) is 10.8 Å². The first kappa shape index (κ1) is 19.1. The maximum atomic E-state index is 12.5. The van der Waals surface area contributed by atoms with Crippen molar-refractivity contribution < 1.29 is 22.7 Å². The van der Waals surface area contributed by atoms with Gasteiger partial charge in [0.15, 0.2) is 0 Å². The van der Waals surface area contributed by atoms with Crippen LogP contribution in [0.4, 0.5) is 13.2 Å². The summed E-state index contributed by atoms with van der Waals surface area (Å²) in [6.45, 7) is 1.83. The van der Waals surface area contributed by atoms with Crippen LogP contribution in [0, 0.1) is 0 Å². The van der Waals surface area contributed by atoms with E-state index in [0.717, 1.165) is 29.6 Å². The molecule has 0 aliphatic rings. The number of amides is 1. The highest BCUT2D eigenvalue weighted by Crippen LogP contribution is 2.29. The number of nitrogens with one attached hydrogen (secondary N) is 1. The van der Waals surface area contributed by atoms with E-state index in [9.17, 15) is 18.0 Å². The third kappa shape index (κ3) is 5.38. The fraction of sp³-hybridized carbons (Fsp3) is 0.294. The van der Waals surface area contributed by atoms with Gasteiger partial charge in [-0.1, -0.05) is 30.0 Å². The predicted octanol–water partition coefficient (Wildman–Crippen LogP) is 4.08. The van der Waals surface area contributed by atoms with Crippen molar-refractivity contribution in [1.82, 2.24) is 10.3 Å². The van der Waals surface area contributed by atoms with Crippen molar-refractivity contribution in [2.75, 3.05) is 12.9 Å². The molecule has 1 unspecified atom stereocenters. The van der Waals surface area contributed by atoms with E-state index in [1.807, 2.05) is 25.1 Å². The summed E-state index contributed by atoms with van der Waals surface area (Å²) >= 11 is 1.07. The Morgan fingerprint density at radius 2 is 2.00 bits per heavy atom. The summed E-state index contributed by atoms with van der Waals surface area (Å²) in [5.41, 5.74) is 0.0297. The van der Waals surface area contributed by atoms with Crippen molar-refractivity contribution in [3.05, 3.63) is 53.7 Å². The van der Waals surface area contributed by atoms with Crippen molar-refractivity contribution in [1.29, 1.82) is 0 Å². The molecule has 2 rings (SSSR count). The van der Waals surface area contributed by atoms with E-state index in [-0.39, 0.29) is 17.7 Å². The second kappa shape index (κ2) is 8.24. The van der Waals surface area contributed by atoms with Crippen molar-refractivity contribution in [2.24, 2.45) is 0 Å². The molecule has 0 radical (unpaired) electrons. The van der Waals surface area contributed by atoms with Gasteiger partial charge in [-0.15, -0.1) is 0 Å². The number of alkyl halides is 3. The molecule has 2 aromatic rings. The van der Waals surface area contributed by atoms with Gasteiger partial charge in [0.2, 0.25) is 5.91 Å². The molecule has 25 heavy (non-hydrogen) atoms. The van der Waals surface area contributed by atoms with Crippen LogP contribution in [0.3, 0.4) is 0 Å². The molecule has 0 fully saturated rings. The fourth-order valence-electron chi connectivity index (χ4n) is 2.16. The van der Waals surface area contributed by atoms with E-state index < -0.39 is 11.7 Å². The van der Waals surface area contributed by atoms with E-state index in [2.05, 4.69) is 10.3 Å². The van der Waals surface area contributed by atoms with Gasteiger partial charge < -0.3 is 10.1 Å². The second-order valence-corrected chi connectivity index (χ2v) is 6.20. The number of nitrogens with zero attached hydrogens (tertiary/aromatic N) is 1. The smallest absolute Gasteiger partial charge is 0.417 e. The van der Waals surface area contributed by atoms with Crippen molar-refractivity contribution in [3.63, 3.8) is 0 Å². The fourth-order valence-corrected chi connectivity index (χ4v) is 2.81. The van der Waals surface area contributed by atoms with Crippen LogP contribution in [-0.2, 0) is 11.0 Å². The zero-order chi connectivity index (χ0) is 18.4. The Balaban J connectivity index is 1.90. The molecule has 134 valence electrons. The van der Waals surface area contributed by atoms with Gasteiger partial charge >= 0.3 is 6.18 Å². The summed E-state index contributed by atoms with van der Waals surface area (Å²) in [6, 6.07) is 9.29. The number of ether oxygens (including phenoxy) is 1. The Kier molecular flexibility index (Phi) is 6.30. The average Bonchev–Trinajstić information content (AvgIpc) is 2.59. The summed E-state index contributed by atoms with van der Waals surface area (Å²) in [7, 11) is 1.56. The van der Waals surface area contributed by atoms with Crippen LogP contribution in [0.1, 0.15) is 24.1 Å². The monoisotopic (exact) mass is 370 g/mol. The van der Waals surface area contributed by atoms with Gasteiger partial charge in [-0.2, -0.15) is 13.2 Å². The Hall–Kier alpha value is -2.22. The Morgan fingerprint density at radius 3 is 2.60 bits per heavy atom. The highest BCUT2D eigenvalue weighted by Gasteiger charge is 2.30. The van der Waals surface area contributed by atoms with E-state index >= 15 is 0 Å². The first-order chi connectivity index (χ1) is 11.8. The molecule has 0 bridgehead atoms. The lowest BCUT2D eigenvalue weighted by atomic mass is 10.1. The third-order valence-corrected chi connectivity index (χ3v) is 4.34. The quantitative estimate of drug-likeness (QED) is 0.779. The molecular formula is C17H17F3N2O2S. The lowest BCUT2D eigenvalue weighted by Gasteiger charge is -2.17. The molecule has 1 N–H and O–H groups in total. The van der Waals surface area contributed by atoms with Gasteiger partial charge in [-0.05, 0) is 25.1 Å². The molecule has 1 aromatic heterocycles. The van der Waals surface area contributed by atoms with Crippen molar-refractivity contribution >= 4 is 17.7 Å². The minimum absolute atomic E-state index is 0.0534. The van der Waals surface area contributed by atoms with Crippen LogP contribution < -0.4 is 10.1 Å². The Labute approximate surface area is 147 Å². The summed E-state index contributed by atoms with van der Waals surface area (Å²) < 4.78 is 42.7. The van der Waals surface area contributed by atoms with Gasteiger partial charge in [0.05, 0.1) is 29.5 Å². The number of carbonyl (C=O) groups is 1. The zero-order valence-electron chi connectivity index (χ0n) is 13.6. The van der Waals surface area contributed by atoms with Crippen LogP contribution in [0.5, 0.6) is 5.75 Å². The van der Waals surface area contributed by atoms with Gasteiger partial charge in [-0.3, -0.25) is 4.79 Å². The van der Waals surface area contributed by atoms with Crippen LogP contribution in [0.2, 0.25) is 0 Å². The minimum atomic E-state index is -4.42. The molecule has 0 saturated heterocycles. The first-order valence-corrected chi connectivity index (χ1v) is 8.38. The number of hydrogen-bond donors (Lipinski definition) is 1. The normalized spacial score (nSPS) is 12.5. The average molecular weight is 370 g/mol. The highest BCUT2D eigenvalue weighted by atomic mass is 32.2. The second-order valence-electron chi connectivity index (χ2n) is 5.20. The minimum Gasteiger partial charge on any atom is -0.496 e. The number of pyridine rings is 1. The number of carbonyl (C=O) groups excluding carboxylic acids is 1. The number of para-hydroxylation sites is 1. The SMILES string of the molecule is COc1ccccc1C(C)NC(=O)CSc1ccc(C(F)(F)F)cn1. The van der Waals surface area contributed by atoms with Gasteiger partial charge in [0.1, 0.15) is 5.75 Å². The lowest BCUT2D eigenvalue weighted by Crippen LogP contribution is -2.28. The molecule has 0 aliphatic heterocycles. The lowest BCUT2D eigenvalue weighted by molar-refractivity contribution is -0.137. The summed E-state index contributed by atoms with van der Waals surface area (Å²) in [4.78, 5) is 15.8. The van der Waals surface area contributed by atoms with Crippen LogP contribution in [0.15, 0.2) is 47.6 Å². The topological polar surface area (TPSA) is 51.2 Å². The first-order valence-electron chi connectivity index (χ1n) is 7.39. The molecule has 4 nitrogen and oxygen atoms in total. The number of halogens is 3. The molecule has 0 saturated carbocycles. The molecule has 0 spiro atoms. The standard InChI is InChI=1S/C17H17F3N2O2S/c1-11(13-5-3-4-6-14(13)24-2)22-15(23)10-25-16-8-7-12(9-21-16)17(18,19)20/h3-9,11H,10H2,1-2H3,(H,22,23). The van der Waals surface area contributed by atoms with Crippen LogP contribution in [0.25, 0.3) is 0 Å². The largest absolute Gasteiger partial charge is 0.496 e. The molecule has 1 heterocycles. The Bertz CT molecular complexity index is 721.